The van der Waals surface area contributed by atoms with Crippen LogP contribution in [0.1, 0.15) is 11.1 Å². The first-order chi connectivity index (χ1) is 10.3. The van der Waals surface area contributed by atoms with Gasteiger partial charge in [0, 0.05) is 12.2 Å². The minimum atomic E-state index is 0.858. The molecule has 0 heterocycles. The first-order valence-corrected chi connectivity index (χ1v) is 7.27. The zero-order valence-corrected chi connectivity index (χ0v) is 12.2. The van der Waals surface area contributed by atoms with Crippen molar-refractivity contribution in [3.8, 4) is 11.1 Å². The molecule has 0 aliphatic heterocycles. The summed E-state index contributed by atoms with van der Waals surface area (Å²) in [5.74, 6) is 0. The molecule has 1 nitrogen and oxygen atoms in total. The van der Waals surface area contributed by atoms with Crippen molar-refractivity contribution < 1.29 is 0 Å². The van der Waals surface area contributed by atoms with Gasteiger partial charge in [-0.1, -0.05) is 66.7 Å². The van der Waals surface area contributed by atoms with Crippen LogP contribution < -0.4 is 5.32 Å². The lowest BCUT2D eigenvalue weighted by Gasteiger charge is -2.10. The predicted molar refractivity (Wildman–Crippen MR) is 90.4 cm³/mol. The Hall–Kier alpha value is -2.54. The van der Waals surface area contributed by atoms with E-state index in [4.69, 9.17) is 0 Å². The van der Waals surface area contributed by atoms with E-state index < -0.39 is 0 Å². The largest absolute Gasteiger partial charge is 0.381 e. The Morgan fingerprint density at radius 3 is 2.00 bits per heavy atom. The van der Waals surface area contributed by atoms with Crippen LogP contribution in [0.3, 0.4) is 0 Å². The molecule has 21 heavy (non-hydrogen) atoms. The van der Waals surface area contributed by atoms with Gasteiger partial charge in [-0.15, -0.1) is 0 Å². The summed E-state index contributed by atoms with van der Waals surface area (Å²) in [5, 5.41) is 3.48. The van der Waals surface area contributed by atoms with Crippen molar-refractivity contribution in [3.63, 3.8) is 0 Å². The Kier molecular flexibility index (Phi) is 4.02. The summed E-state index contributed by atoms with van der Waals surface area (Å²) in [5.41, 5.74) is 6.31. The van der Waals surface area contributed by atoms with Crippen molar-refractivity contribution in [3.05, 3.63) is 90.0 Å². The summed E-state index contributed by atoms with van der Waals surface area (Å²) in [6, 6.07) is 27.5. The predicted octanol–water partition coefficient (Wildman–Crippen LogP) is 5.27. The summed E-state index contributed by atoms with van der Waals surface area (Å²) >= 11 is 0. The van der Waals surface area contributed by atoms with E-state index in [-0.39, 0.29) is 0 Å². The number of aryl methyl sites for hydroxylation is 1. The fraction of sp³-hybridized carbons (Fsp3) is 0.100. The summed E-state index contributed by atoms with van der Waals surface area (Å²) < 4.78 is 0. The second-order valence-corrected chi connectivity index (χ2v) is 5.22. The third-order valence-corrected chi connectivity index (χ3v) is 3.74. The van der Waals surface area contributed by atoms with Crippen LogP contribution >= 0.6 is 0 Å². The molecule has 0 spiro atoms. The second kappa shape index (κ2) is 6.27. The van der Waals surface area contributed by atoms with Gasteiger partial charge >= 0.3 is 0 Å². The van der Waals surface area contributed by atoms with Gasteiger partial charge in [-0.05, 0) is 41.3 Å². The van der Waals surface area contributed by atoms with E-state index in [0.717, 1.165) is 12.2 Å². The monoisotopic (exact) mass is 273 g/mol. The molecule has 1 N–H and O–H groups in total. The van der Waals surface area contributed by atoms with Gasteiger partial charge in [0.1, 0.15) is 0 Å². The quantitative estimate of drug-likeness (QED) is 0.682. The zero-order valence-electron chi connectivity index (χ0n) is 12.2. The molecule has 0 aromatic heterocycles. The number of nitrogens with one attached hydrogen (secondary N) is 1. The molecule has 3 aromatic rings. The fourth-order valence-corrected chi connectivity index (χ4v) is 2.42. The number of rotatable bonds is 4. The number of hydrogen-bond donors (Lipinski definition) is 1. The van der Waals surface area contributed by atoms with Gasteiger partial charge in [0.15, 0.2) is 0 Å². The van der Waals surface area contributed by atoms with Crippen LogP contribution in [0, 0.1) is 6.92 Å². The first-order valence-electron chi connectivity index (χ1n) is 7.27. The molecule has 104 valence electrons. The van der Waals surface area contributed by atoms with Gasteiger partial charge in [0.25, 0.3) is 0 Å². The standard InChI is InChI=1S/C20H19N/c1-16-7-5-6-10-19(16)15-21-20-13-11-18(12-14-20)17-8-3-2-4-9-17/h2-14,21H,15H2,1H3. The molecule has 0 amide bonds. The van der Waals surface area contributed by atoms with Gasteiger partial charge in [-0.2, -0.15) is 0 Å². The summed E-state index contributed by atoms with van der Waals surface area (Å²) in [6.45, 7) is 3.01. The second-order valence-electron chi connectivity index (χ2n) is 5.22. The highest BCUT2D eigenvalue weighted by molar-refractivity contribution is 5.65. The summed E-state index contributed by atoms with van der Waals surface area (Å²) in [6.07, 6.45) is 0. The topological polar surface area (TPSA) is 12.0 Å². The first kappa shape index (κ1) is 13.4. The normalized spacial score (nSPS) is 10.3. The molecule has 0 fully saturated rings. The summed E-state index contributed by atoms with van der Waals surface area (Å²) in [4.78, 5) is 0. The highest BCUT2D eigenvalue weighted by Gasteiger charge is 1.99. The molecule has 0 saturated carbocycles. The van der Waals surface area contributed by atoms with Crippen molar-refractivity contribution in [2.75, 3.05) is 5.32 Å². The molecule has 1 heteroatoms. The van der Waals surface area contributed by atoms with Crippen LogP contribution in [0.5, 0.6) is 0 Å². The van der Waals surface area contributed by atoms with Crippen LogP contribution in [0.2, 0.25) is 0 Å². The van der Waals surface area contributed by atoms with Gasteiger partial charge < -0.3 is 5.32 Å². The average Bonchev–Trinajstić information content (AvgIpc) is 2.55. The molecule has 3 rings (SSSR count). The Labute approximate surface area is 126 Å². The van der Waals surface area contributed by atoms with E-state index in [1.165, 1.54) is 22.3 Å². The molecule has 0 saturated heterocycles. The Bertz CT molecular complexity index is 699. The average molecular weight is 273 g/mol. The van der Waals surface area contributed by atoms with E-state index in [1.807, 2.05) is 6.07 Å². The number of hydrogen-bond acceptors (Lipinski definition) is 1. The van der Waals surface area contributed by atoms with Crippen LogP contribution in [0.25, 0.3) is 11.1 Å². The smallest absolute Gasteiger partial charge is 0.0403 e. The molecular formula is C20H19N. The van der Waals surface area contributed by atoms with E-state index in [9.17, 15) is 0 Å². The fourth-order valence-electron chi connectivity index (χ4n) is 2.42. The molecular weight excluding hydrogens is 254 g/mol. The van der Waals surface area contributed by atoms with Crippen molar-refractivity contribution in [2.45, 2.75) is 13.5 Å². The van der Waals surface area contributed by atoms with E-state index in [2.05, 4.69) is 85.0 Å². The minimum absolute atomic E-state index is 0.858. The van der Waals surface area contributed by atoms with E-state index in [0.29, 0.717) is 0 Å². The third kappa shape index (κ3) is 3.32. The van der Waals surface area contributed by atoms with E-state index >= 15 is 0 Å². The van der Waals surface area contributed by atoms with Crippen molar-refractivity contribution in [1.82, 2.24) is 0 Å². The van der Waals surface area contributed by atoms with Crippen LogP contribution in [-0.2, 0) is 6.54 Å². The lowest BCUT2D eigenvalue weighted by molar-refractivity contribution is 1.12. The highest BCUT2D eigenvalue weighted by Crippen LogP contribution is 2.21. The van der Waals surface area contributed by atoms with Crippen LogP contribution in [-0.4, -0.2) is 0 Å². The third-order valence-electron chi connectivity index (χ3n) is 3.74. The molecule has 0 atom stereocenters. The van der Waals surface area contributed by atoms with Crippen molar-refractivity contribution in [2.24, 2.45) is 0 Å². The Morgan fingerprint density at radius 1 is 0.667 bits per heavy atom. The molecule has 0 aliphatic rings. The maximum Gasteiger partial charge on any atom is 0.0403 e. The van der Waals surface area contributed by atoms with Gasteiger partial charge in [0.2, 0.25) is 0 Å². The molecule has 0 radical (unpaired) electrons. The van der Waals surface area contributed by atoms with E-state index in [1.54, 1.807) is 0 Å². The van der Waals surface area contributed by atoms with Gasteiger partial charge in [-0.3, -0.25) is 0 Å². The summed E-state index contributed by atoms with van der Waals surface area (Å²) in [7, 11) is 0. The molecule has 0 unspecified atom stereocenters. The van der Waals surface area contributed by atoms with Crippen molar-refractivity contribution in [1.29, 1.82) is 0 Å². The number of benzene rings is 3. The highest BCUT2D eigenvalue weighted by atomic mass is 14.9. The lowest BCUT2D eigenvalue weighted by atomic mass is 10.1. The van der Waals surface area contributed by atoms with Gasteiger partial charge in [-0.25, -0.2) is 0 Å². The molecule has 3 aromatic carbocycles. The maximum absolute atomic E-state index is 3.48. The molecule has 0 aliphatic carbocycles. The Balaban J connectivity index is 1.69. The minimum Gasteiger partial charge on any atom is -0.381 e. The Morgan fingerprint density at radius 2 is 1.29 bits per heavy atom. The molecule has 0 bridgehead atoms. The lowest BCUT2D eigenvalue weighted by Crippen LogP contribution is -2.00. The van der Waals surface area contributed by atoms with Crippen molar-refractivity contribution >= 4 is 5.69 Å². The maximum atomic E-state index is 3.48. The number of anilines is 1. The van der Waals surface area contributed by atoms with Crippen LogP contribution in [0.15, 0.2) is 78.9 Å². The van der Waals surface area contributed by atoms with Gasteiger partial charge in [0.05, 0.1) is 0 Å². The van der Waals surface area contributed by atoms with Crippen LogP contribution in [0.4, 0.5) is 5.69 Å². The zero-order chi connectivity index (χ0) is 14.5. The SMILES string of the molecule is Cc1ccccc1CNc1ccc(-c2ccccc2)cc1.